The van der Waals surface area contributed by atoms with Gasteiger partial charge in [0.15, 0.2) is 11.5 Å². The second-order valence-electron chi connectivity index (χ2n) is 5.59. The van der Waals surface area contributed by atoms with Crippen LogP contribution in [-0.2, 0) is 4.79 Å². The zero-order valence-corrected chi connectivity index (χ0v) is 13.2. The Bertz CT molecular complexity index is 619. The number of nitrogens with zero attached hydrogens (tertiary/aromatic N) is 2. The second kappa shape index (κ2) is 5.88. The van der Waals surface area contributed by atoms with Crippen LogP contribution in [0.5, 0.6) is 11.5 Å². The number of hydrogen-bond donors (Lipinski definition) is 1. The molecule has 1 amide bonds. The smallest absolute Gasteiger partial charge is 0.257 e. The van der Waals surface area contributed by atoms with Gasteiger partial charge in [-0.3, -0.25) is 4.79 Å². The van der Waals surface area contributed by atoms with Crippen molar-refractivity contribution in [2.24, 2.45) is 0 Å². The summed E-state index contributed by atoms with van der Waals surface area (Å²) in [7, 11) is 5.29. The number of carbonyl (C=O) groups is 1. The van der Waals surface area contributed by atoms with Crippen LogP contribution < -0.4 is 14.8 Å². The molecule has 6 nitrogen and oxygen atoms in total. The third kappa shape index (κ3) is 2.62. The number of piperazine rings is 1. The Morgan fingerprint density at radius 3 is 2.36 bits per heavy atom. The number of fused-ring (bicyclic) bond motifs is 1. The van der Waals surface area contributed by atoms with E-state index in [0.29, 0.717) is 17.1 Å². The Hall–Kier alpha value is -2.21. The van der Waals surface area contributed by atoms with Crippen LogP contribution in [0.1, 0.15) is 5.56 Å². The predicted molar refractivity (Wildman–Crippen MR) is 85.2 cm³/mol. The summed E-state index contributed by atoms with van der Waals surface area (Å²) in [5.41, 5.74) is 2.31. The molecule has 0 aromatic heterocycles. The molecule has 0 aliphatic carbocycles. The van der Waals surface area contributed by atoms with E-state index < -0.39 is 0 Å². The molecule has 2 aliphatic heterocycles. The standard InChI is InChI=1S/C16H21N3O3/c1-18-4-6-19(7-5-18)10-12-11-8-14(21-2)15(22-3)9-13(11)17-16(12)20/h8-10H,4-7H2,1-3H3,(H,17,20). The van der Waals surface area contributed by atoms with E-state index in [1.165, 1.54) is 0 Å². The fourth-order valence-corrected chi connectivity index (χ4v) is 2.78. The van der Waals surface area contributed by atoms with E-state index in [9.17, 15) is 4.79 Å². The number of hydrogen-bond acceptors (Lipinski definition) is 5. The number of ether oxygens (including phenoxy) is 2. The van der Waals surface area contributed by atoms with Crippen LogP contribution in [0.25, 0.3) is 5.57 Å². The normalized spacial score (nSPS) is 20.0. The first-order valence-corrected chi connectivity index (χ1v) is 7.34. The summed E-state index contributed by atoms with van der Waals surface area (Å²) >= 11 is 0. The molecular formula is C16H21N3O3. The quantitative estimate of drug-likeness (QED) is 0.852. The lowest BCUT2D eigenvalue weighted by molar-refractivity contribution is -0.110. The fourth-order valence-electron chi connectivity index (χ4n) is 2.78. The van der Waals surface area contributed by atoms with E-state index in [0.717, 1.165) is 37.4 Å². The van der Waals surface area contributed by atoms with Gasteiger partial charge in [-0.15, -0.1) is 0 Å². The zero-order valence-electron chi connectivity index (χ0n) is 13.2. The maximum atomic E-state index is 12.3. The number of likely N-dealkylation sites (N-methyl/N-ethyl adjacent to an activating group) is 1. The Balaban J connectivity index is 1.93. The molecule has 1 N–H and O–H groups in total. The van der Waals surface area contributed by atoms with Crippen molar-refractivity contribution in [1.82, 2.24) is 9.80 Å². The minimum absolute atomic E-state index is 0.0794. The lowest BCUT2D eigenvalue weighted by atomic mass is 10.1. The van der Waals surface area contributed by atoms with Crippen molar-refractivity contribution in [2.45, 2.75) is 0 Å². The summed E-state index contributed by atoms with van der Waals surface area (Å²) in [6.07, 6.45) is 1.96. The van der Waals surface area contributed by atoms with E-state index in [-0.39, 0.29) is 5.91 Å². The minimum Gasteiger partial charge on any atom is -0.493 e. The monoisotopic (exact) mass is 303 g/mol. The van der Waals surface area contributed by atoms with Gasteiger partial charge in [0.25, 0.3) is 5.91 Å². The highest BCUT2D eigenvalue weighted by atomic mass is 16.5. The lowest BCUT2D eigenvalue weighted by Gasteiger charge is -2.31. The second-order valence-corrected chi connectivity index (χ2v) is 5.59. The number of carbonyl (C=O) groups excluding carboxylic acids is 1. The molecule has 1 aromatic carbocycles. The molecule has 2 heterocycles. The van der Waals surface area contributed by atoms with Crippen LogP contribution in [0.15, 0.2) is 18.3 Å². The number of anilines is 1. The van der Waals surface area contributed by atoms with Gasteiger partial charge in [-0.2, -0.15) is 0 Å². The van der Waals surface area contributed by atoms with Crippen molar-refractivity contribution in [3.8, 4) is 11.5 Å². The fraction of sp³-hybridized carbons (Fsp3) is 0.438. The molecule has 6 heteroatoms. The third-order valence-corrected chi connectivity index (χ3v) is 4.16. The molecule has 0 radical (unpaired) electrons. The highest BCUT2D eigenvalue weighted by Crippen LogP contribution is 2.40. The van der Waals surface area contributed by atoms with Crippen molar-refractivity contribution in [2.75, 3.05) is 52.8 Å². The van der Waals surface area contributed by atoms with Gasteiger partial charge in [0.1, 0.15) is 0 Å². The molecule has 22 heavy (non-hydrogen) atoms. The summed E-state index contributed by atoms with van der Waals surface area (Å²) in [6, 6.07) is 3.66. The molecule has 0 spiro atoms. The van der Waals surface area contributed by atoms with Crippen LogP contribution in [0.3, 0.4) is 0 Å². The predicted octanol–water partition coefficient (Wildman–Crippen LogP) is 1.24. The first kappa shape index (κ1) is 14.7. The highest BCUT2D eigenvalue weighted by Gasteiger charge is 2.27. The first-order valence-electron chi connectivity index (χ1n) is 7.34. The van der Waals surface area contributed by atoms with Gasteiger partial charge >= 0.3 is 0 Å². The van der Waals surface area contributed by atoms with E-state index in [1.807, 2.05) is 12.3 Å². The van der Waals surface area contributed by atoms with Crippen molar-refractivity contribution < 1.29 is 14.3 Å². The molecule has 118 valence electrons. The van der Waals surface area contributed by atoms with Gasteiger partial charge < -0.3 is 24.6 Å². The van der Waals surface area contributed by atoms with Crippen LogP contribution in [0.4, 0.5) is 5.69 Å². The molecule has 3 rings (SSSR count). The van der Waals surface area contributed by atoms with Gasteiger partial charge in [-0.1, -0.05) is 0 Å². The first-order chi connectivity index (χ1) is 10.6. The van der Waals surface area contributed by atoms with Crippen LogP contribution in [-0.4, -0.2) is 63.2 Å². The summed E-state index contributed by atoms with van der Waals surface area (Å²) in [5.74, 6) is 1.16. The van der Waals surface area contributed by atoms with E-state index >= 15 is 0 Å². The summed E-state index contributed by atoms with van der Waals surface area (Å²) in [5, 5.41) is 2.89. The van der Waals surface area contributed by atoms with Crippen LogP contribution in [0.2, 0.25) is 0 Å². The van der Waals surface area contributed by atoms with Crippen LogP contribution >= 0.6 is 0 Å². The average molecular weight is 303 g/mol. The lowest BCUT2D eigenvalue weighted by Crippen LogP contribution is -2.42. The summed E-state index contributed by atoms with van der Waals surface area (Å²) in [4.78, 5) is 16.7. The Kier molecular flexibility index (Phi) is 3.94. The minimum atomic E-state index is -0.0794. The van der Waals surface area contributed by atoms with Gasteiger partial charge in [0, 0.05) is 44.0 Å². The van der Waals surface area contributed by atoms with E-state index in [4.69, 9.17) is 9.47 Å². The van der Waals surface area contributed by atoms with Crippen molar-refractivity contribution >= 4 is 17.2 Å². The number of benzene rings is 1. The van der Waals surface area contributed by atoms with Gasteiger partial charge in [-0.05, 0) is 13.1 Å². The Labute approximate surface area is 130 Å². The maximum Gasteiger partial charge on any atom is 0.257 e. The summed E-state index contributed by atoms with van der Waals surface area (Å²) < 4.78 is 10.6. The summed E-state index contributed by atoms with van der Waals surface area (Å²) in [6.45, 7) is 3.86. The Morgan fingerprint density at radius 1 is 1.09 bits per heavy atom. The van der Waals surface area contributed by atoms with Gasteiger partial charge in [0.05, 0.1) is 25.5 Å². The average Bonchev–Trinajstić information content (AvgIpc) is 2.83. The molecule has 1 fully saturated rings. The van der Waals surface area contributed by atoms with E-state index in [2.05, 4.69) is 22.2 Å². The zero-order chi connectivity index (χ0) is 15.7. The topological polar surface area (TPSA) is 54.0 Å². The highest BCUT2D eigenvalue weighted by molar-refractivity contribution is 6.31. The number of methoxy groups -OCH3 is 2. The van der Waals surface area contributed by atoms with Crippen molar-refractivity contribution in [3.63, 3.8) is 0 Å². The Morgan fingerprint density at radius 2 is 1.73 bits per heavy atom. The molecule has 1 saturated heterocycles. The number of amides is 1. The van der Waals surface area contributed by atoms with Crippen LogP contribution in [0, 0.1) is 0 Å². The molecule has 0 atom stereocenters. The third-order valence-electron chi connectivity index (χ3n) is 4.16. The number of nitrogens with one attached hydrogen (secondary N) is 1. The number of rotatable bonds is 3. The molecule has 0 unspecified atom stereocenters. The molecule has 2 aliphatic rings. The molecule has 0 bridgehead atoms. The van der Waals surface area contributed by atoms with Crippen molar-refractivity contribution in [3.05, 3.63) is 23.9 Å². The van der Waals surface area contributed by atoms with Crippen molar-refractivity contribution in [1.29, 1.82) is 0 Å². The van der Waals surface area contributed by atoms with Gasteiger partial charge in [-0.25, -0.2) is 0 Å². The maximum absolute atomic E-state index is 12.3. The van der Waals surface area contributed by atoms with E-state index in [1.54, 1.807) is 20.3 Å². The SMILES string of the molecule is COc1cc2c(cc1OC)C(=CN1CCN(C)CC1)C(=O)N2. The molecule has 1 aromatic rings. The molecular weight excluding hydrogens is 282 g/mol. The molecule has 0 saturated carbocycles. The largest absolute Gasteiger partial charge is 0.493 e. The van der Waals surface area contributed by atoms with Gasteiger partial charge in [0.2, 0.25) is 0 Å².